The fraction of sp³-hybridized carbons (Fsp3) is 0.174. The number of rotatable bonds is 7. The molecule has 2 N–H and O–H groups in total. The van der Waals surface area contributed by atoms with E-state index in [2.05, 4.69) is 15.6 Å². The van der Waals surface area contributed by atoms with Gasteiger partial charge in [-0.1, -0.05) is 12.1 Å². The van der Waals surface area contributed by atoms with Gasteiger partial charge in [0, 0.05) is 17.4 Å². The van der Waals surface area contributed by atoms with Gasteiger partial charge < -0.3 is 15.4 Å². The van der Waals surface area contributed by atoms with E-state index in [4.69, 9.17) is 4.74 Å². The Labute approximate surface area is 182 Å². The number of aromatic nitrogens is 1. The summed E-state index contributed by atoms with van der Waals surface area (Å²) >= 11 is 0. The van der Waals surface area contributed by atoms with E-state index in [-0.39, 0.29) is 11.6 Å². The molecule has 9 heteroatoms. The number of ether oxygens (including phenoxy) is 1. The number of nitrogens with zero attached hydrogens (tertiary/aromatic N) is 1. The summed E-state index contributed by atoms with van der Waals surface area (Å²) < 4.78 is 43.6. The van der Waals surface area contributed by atoms with E-state index in [0.29, 0.717) is 17.9 Å². The molecule has 0 aliphatic rings. The van der Waals surface area contributed by atoms with Gasteiger partial charge in [0.1, 0.15) is 5.75 Å². The largest absolute Gasteiger partial charge is 0.484 e. The van der Waals surface area contributed by atoms with Crippen LogP contribution in [0.15, 0.2) is 66.9 Å². The molecule has 0 aliphatic heterocycles. The number of hydrogen-bond donors (Lipinski definition) is 2. The number of carbonyl (C=O) groups is 2. The van der Waals surface area contributed by atoms with Gasteiger partial charge in [-0.15, -0.1) is 0 Å². The van der Waals surface area contributed by atoms with Crippen molar-refractivity contribution >= 4 is 17.5 Å². The molecule has 0 saturated carbocycles. The predicted molar refractivity (Wildman–Crippen MR) is 112 cm³/mol. The van der Waals surface area contributed by atoms with Gasteiger partial charge in [0.25, 0.3) is 11.8 Å². The number of nitrogens with one attached hydrogen (secondary N) is 2. The summed E-state index contributed by atoms with van der Waals surface area (Å²) in [5, 5.41) is 5.14. The Bertz CT molecular complexity index is 1100. The van der Waals surface area contributed by atoms with Crippen molar-refractivity contribution < 1.29 is 27.5 Å². The molecule has 1 aromatic heterocycles. The smallest absolute Gasteiger partial charge is 0.416 e. The highest BCUT2D eigenvalue weighted by Crippen LogP contribution is 2.30. The molecular formula is C23H20F3N3O3. The Balaban J connectivity index is 1.49. The van der Waals surface area contributed by atoms with Crippen molar-refractivity contribution in [2.45, 2.75) is 19.6 Å². The molecule has 166 valence electrons. The number of carbonyl (C=O) groups excluding carboxylic acids is 2. The van der Waals surface area contributed by atoms with Crippen LogP contribution in [0.2, 0.25) is 0 Å². The number of pyridine rings is 1. The molecule has 32 heavy (non-hydrogen) atoms. The second-order valence-corrected chi connectivity index (χ2v) is 6.89. The molecule has 6 nitrogen and oxygen atoms in total. The van der Waals surface area contributed by atoms with Crippen LogP contribution in [0.3, 0.4) is 0 Å². The normalized spacial score (nSPS) is 11.0. The van der Waals surface area contributed by atoms with Crippen LogP contribution in [0.25, 0.3) is 0 Å². The number of aryl methyl sites for hydroxylation is 1. The van der Waals surface area contributed by atoms with Crippen LogP contribution < -0.4 is 15.4 Å². The Hall–Kier alpha value is -3.88. The van der Waals surface area contributed by atoms with Crippen molar-refractivity contribution in [1.29, 1.82) is 0 Å². The molecule has 1 heterocycles. The highest BCUT2D eigenvalue weighted by molar-refractivity contribution is 5.94. The van der Waals surface area contributed by atoms with Crippen molar-refractivity contribution in [2.75, 3.05) is 11.9 Å². The Morgan fingerprint density at radius 2 is 1.78 bits per heavy atom. The van der Waals surface area contributed by atoms with Crippen LogP contribution in [0.5, 0.6) is 5.75 Å². The average Bonchev–Trinajstić information content (AvgIpc) is 2.77. The molecule has 0 saturated heterocycles. The third-order valence-corrected chi connectivity index (χ3v) is 4.49. The first-order chi connectivity index (χ1) is 15.2. The molecular weight excluding hydrogens is 423 g/mol. The van der Waals surface area contributed by atoms with Crippen LogP contribution >= 0.6 is 0 Å². The highest BCUT2D eigenvalue weighted by atomic mass is 19.4. The summed E-state index contributed by atoms with van der Waals surface area (Å²) in [6.07, 6.45) is -2.84. The van der Waals surface area contributed by atoms with Gasteiger partial charge in [-0.25, -0.2) is 0 Å². The molecule has 0 fully saturated rings. The summed E-state index contributed by atoms with van der Waals surface area (Å²) in [5.41, 5.74) is 1.30. The van der Waals surface area contributed by atoms with Gasteiger partial charge in [0.2, 0.25) is 0 Å². The number of alkyl halides is 3. The van der Waals surface area contributed by atoms with Gasteiger partial charge >= 0.3 is 6.18 Å². The van der Waals surface area contributed by atoms with Gasteiger partial charge in [0.05, 0.1) is 17.8 Å². The number of amides is 2. The number of halogens is 3. The van der Waals surface area contributed by atoms with E-state index in [1.165, 1.54) is 24.3 Å². The Kier molecular flexibility index (Phi) is 7.09. The maximum absolute atomic E-state index is 12.7. The second-order valence-electron chi connectivity index (χ2n) is 6.89. The number of benzene rings is 2. The van der Waals surface area contributed by atoms with Crippen molar-refractivity contribution in [2.24, 2.45) is 0 Å². The first-order valence-corrected chi connectivity index (χ1v) is 9.61. The number of hydrogen-bond acceptors (Lipinski definition) is 4. The van der Waals surface area contributed by atoms with Gasteiger partial charge in [-0.05, 0) is 61.0 Å². The second kappa shape index (κ2) is 9.95. The third-order valence-electron chi connectivity index (χ3n) is 4.49. The lowest BCUT2D eigenvalue weighted by Crippen LogP contribution is -2.23. The predicted octanol–water partition coefficient (Wildman–Crippen LogP) is 4.36. The van der Waals surface area contributed by atoms with Crippen LogP contribution in [-0.2, 0) is 17.5 Å². The summed E-state index contributed by atoms with van der Waals surface area (Å²) in [5.74, 6) is -0.568. The summed E-state index contributed by atoms with van der Waals surface area (Å²) in [7, 11) is 0. The number of anilines is 1. The van der Waals surface area contributed by atoms with Crippen LogP contribution in [0.1, 0.15) is 27.2 Å². The minimum Gasteiger partial charge on any atom is -0.484 e. The summed E-state index contributed by atoms with van der Waals surface area (Å²) in [4.78, 5) is 28.5. The minimum atomic E-state index is -4.50. The van der Waals surface area contributed by atoms with Crippen LogP contribution in [0, 0.1) is 6.92 Å². The van der Waals surface area contributed by atoms with E-state index in [0.717, 1.165) is 23.4 Å². The first-order valence-electron chi connectivity index (χ1n) is 9.61. The van der Waals surface area contributed by atoms with Gasteiger partial charge in [-0.2, -0.15) is 13.2 Å². The zero-order valence-electron chi connectivity index (χ0n) is 17.1. The first kappa shape index (κ1) is 22.8. The van der Waals surface area contributed by atoms with Crippen LogP contribution in [0.4, 0.5) is 18.9 Å². The zero-order chi connectivity index (χ0) is 23.1. The van der Waals surface area contributed by atoms with Crippen molar-refractivity contribution in [3.8, 4) is 5.75 Å². The summed E-state index contributed by atoms with van der Waals surface area (Å²) in [6, 6.07) is 14.2. The Morgan fingerprint density at radius 1 is 1.03 bits per heavy atom. The maximum atomic E-state index is 12.7. The van der Waals surface area contributed by atoms with E-state index in [1.54, 1.807) is 18.3 Å². The minimum absolute atomic E-state index is 0.0172. The quantitative estimate of drug-likeness (QED) is 0.569. The molecule has 0 unspecified atom stereocenters. The molecule has 0 bridgehead atoms. The molecule has 3 rings (SSSR count). The highest BCUT2D eigenvalue weighted by Gasteiger charge is 2.30. The standard InChI is InChI=1S/C23H20F3N3O3/c1-15-4-3-11-27-20(15)13-28-22(31)16-7-9-19(10-8-16)32-14-21(30)29-18-6-2-5-17(12-18)23(24,25)26/h2-12H,13-14H2,1H3,(H,28,31)(H,29,30). The van der Waals surface area contributed by atoms with Crippen molar-refractivity contribution in [1.82, 2.24) is 10.3 Å². The molecule has 2 aromatic carbocycles. The molecule has 0 aliphatic carbocycles. The van der Waals surface area contributed by atoms with Crippen molar-refractivity contribution in [3.05, 3.63) is 89.2 Å². The fourth-order valence-corrected chi connectivity index (χ4v) is 2.79. The molecule has 0 atom stereocenters. The third kappa shape index (κ3) is 6.31. The lowest BCUT2D eigenvalue weighted by Gasteiger charge is -2.11. The monoisotopic (exact) mass is 443 g/mol. The van der Waals surface area contributed by atoms with Crippen molar-refractivity contribution in [3.63, 3.8) is 0 Å². The topological polar surface area (TPSA) is 80.3 Å². The molecule has 2 amide bonds. The van der Waals surface area contributed by atoms with Gasteiger partial charge in [0.15, 0.2) is 6.61 Å². The maximum Gasteiger partial charge on any atom is 0.416 e. The lowest BCUT2D eigenvalue weighted by molar-refractivity contribution is -0.137. The van der Waals surface area contributed by atoms with E-state index >= 15 is 0 Å². The molecule has 0 radical (unpaired) electrons. The van der Waals surface area contributed by atoms with Crippen LogP contribution in [-0.4, -0.2) is 23.4 Å². The molecule has 0 spiro atoms. The zero-order valence-corrected chi connectivity index (χ0v) is 17.1. The fourth-order valence-electron chi connectivity index (χ4n) is 2.79. The SMILES string of the molecule is Cc1cccnc1CNC(=O)c1ccc(OCC(=O)Nc2cccc(C(F)(F)F)c2)cc1. The lowest BCUT2D eigenvalue weighted by atomic mass is 10.2. The van der Waals surface area contributed by atoms with E-state index in [1.807, 2.05) is 19.1 Å². The Morgan fingerprint density at radius 3 is 2.47 bits per heavy atom. The van der Waals surface area contributed by atoms with Gasteiger partial charge in [-0.3, -0.25) is 14.6 Å². The molecule has 3 aromatic rings. The summed E-state index contributed by atoms with van der Waals surface area (Å²) in [6.45, 7) is 1.80. The van der Waals surface area contributed by atoms with E-state index in [9.17, 15) is 22.8 Å². The average molecular weight is 443 g/mol. The van der Waals surface area contributed by atoms with E-state index < -0.39 is 24.3 Å².